The van der Waals surface area contributed by atoms with Gasteiger partial charge in [-0.1, -0.05) is 57.2 Å². The van der Waals surface area contributed by atoms with Gasteiger partial charge in [-0.25, -0.2) is 0 Å². The number of phenolic OH excluding ortho intramolecular Hbond substituents is 1. The van der Waals surface area contributed by atoms with E-state index in [0.29, 0.717) is 0 Å². The normalized spacial score (nSPS) is 15.2. The van der Waals surface area contributed by atoms with Gasteiger partial charge in [0.2, 0.25) is 5.91 Å². The van der Waals surface area contributed by atoms with Crippen molar-refractivity contribution in [2.24, 2.45) is 0 Å². The lowest BCUT2D eigenvalue weighted by Crippen LogP contribution is -2.46. The van der Waals surface area contributed by atoms with Crippen molar-refractivity contribution < 1.29 is 14.7 Å². The largest absolute Gasteiger partial charge is 0.507 e. The molecule has 0 spiro atoms. The van der Waals surface area contributed by atoms with E-state index in [1.165, 1.54) is 17.7 Å². The van der Waals surface area contributed by atoms with E-state index in [1.807, 2.05) is 12.1 Å². The van der Waals surface area contributed by atoms with Gasteiger partial charge in [0.1, 0.15) is 5.75 Å². The fourth-order valence-corrected chi connectivity index (χ4v) is 3.03. The van der Waals surface area contributed by atoms with E-state index in [1.54, 1.807) is 12.1 Å². The molecular formula is C21H24N2O3. The van der Waals surface area contributed by atoms with Crippen LogP contribution in [-0.2, 0) is 15.6 Å². The summed E-state index contributed by atoms with van der Waals surface area (Å²) in [6.45, 7) is 6.45. The first-order valence-electron chi connectivity index (χ1n) is 8.74. The second-order valence-electron chi connectivity index (χ2n) is 7.83. The molecule has 0 aliphatic heterocycles. The van der Waals surface area contributed by atoms with Crippen LogP contribution in [0.15, 0.2) is 48.5 Å². The zero-order chi connectivity index (χ0) is 18.9. The van der Waals surface area contributed by atoms with Crippen molar-refractivity contribution in [1.29, 1.82) is 0 Å². The molecule has 0 bridgehead atoms. The molecule has 2 aromatic carbocycles. The monoisotopic (exact) mass is 352 g/mol. The first-order chi connectivity index (χ1) is 12.2. The van der Waals surface area contributed by atoms with Crippen LogP contribution in [0.5, 0.6) is 5.75 Å². The summed E-state index contributed by atoms with van der Waals surface area (Å²) in [6, 6.07) is 14.3. The van der Waals surface area contributed by atoms with Crippen molar-refractivity contribution in [1.82, 2.24) is 10.9 Å². The minimum atomic E-state index is -0.581. The minimum absolute atomic E-state index is 0.0587. The Morgan fingerprint density at radius 2 is 1.58 bits per heavy atom. The molecule has 136 valence electrons. The van der Waals surface area contributed by atoms with Gasteiger partial charge in [0.05, 0.1) is 11.0 Å². The topological polar surface area (TPSA) is 78.4 Å². The maximum absolute atomic E-state index is 12.6. The molecule has 2 amide bonds. The highest BCUT2D eigenvalue weighted by Crippen LogP contribution is 2.48. The van der Waals surface area contributed by atoms with Crippen molar-refractivity contribution in [2.45, 2.75) is 44.4 Å². The van der Waals surface area contributed by atoms with Crippen molar-refractivity contribution in [3.63, 3.8) is 0 Å². The molecule has 0 atom stereocenters. The van der Waals surface area contributed by atoms with E-state index in [-0.39, 0.29) is 22.6 Å². The summed E-state index contributed by atoms with van der Waals surface area (Å²) in [5.74, 6) is -0.904. The van der Waals surface area contributed by atoms with Gasteiger partial charge in [-0.3, -0.25) is 20.4 Å². The summed E-state index contributed by atoms with van der Waals surface area (Å²) >= 11 is 0. The van der Waals surface area contributed by atoms with Crippen LogP contribution in [0.1, 0.15) is 55.1 Å². The van der Waals surface area contributed by atoms with E-state index in [2.05, 4.69) is 43.8 Å². The van der Waals surface area contributed by atoms with Crippen molar-refractivity contribution in [3.05, 3.63) is 65.2 Å². The van der Waals surface area contributed by atoms with E-state index in [9.17, 15) is 14.7 Å². The van der Waals surface area contributed by atoms with Crippen LogP contribution >= 0.6 is 0 Å². The molecule has 0 saturated heterocycles. The maximum atomic E-state index is 12.6. The van der Waals surface area contributed by atoms with Crippen LogP contribution in [0.3, 0.4) is 0 Å². The Kier molecular flexibility index (Phi) is 4.48. The Morgan fingerprint density at radius 1 is 0.962 bits per heavy atom. The Balaban J connectivity index is 1.68. The quantitative estimate of drug-likeness (QED) is 0.743. The van der Waals surface area contributed by atoms with E-state index < -0.39 is 11.3 Å². The minimum Gasteiger partial charge on any atom is -0.507 e. The lowest BCUT2D eigenvalue weighted by atomic mass is 9.85. The number of carbonyl (C=O) groups excluding carboxylic acids is 2. The number of phenols is 1. The molecule has 1 aliphatic rings. The Bertz CT molecular complexity index is 831. The molecule has 26 heavy (non-hydrogen) atoms. The molecule has 0 aromatic heterocycles. The average molecular weight is 352 g/mol. The second kappa shape index (κ2) is 6.48. The van der Waals surface area contributed by atoms with Crippen LogP contribution in [0, 0.1) is 0 Å². The van der Waals surface area contributed by atoms with Gasteiger partial charge in [-0.15, -0.1) is 0 Å². The zero-order valence-electron chi connectivity index (χ0n) is 15.3. The van der Waals surface area contributed by atoms with Gasteiger partial charge in [-0.05, 0) is 41.5 Å². The van der Waals surface area contributed by atoms with Gasteiger partial charge in [0.15, 0.2) is 0 Å². The molecule has 5 nitrogen and oxygen atoms in total. The number of hydrogen-bond acceptors (Lipinski definition) is 3. The molecule has 3 rings (SSSR count). The second-order valence-corrected chi connectivity index (χ2v) is 7.83. The third-order valence-corrected chi connectivity index (χ3v) is 4.93. The summed E-state index contributed by atoms with van der Waals surface area (Å²) in [5, 5.41) is 9.71. The predicted octanol–water partition coefficient (Wildman–Crippen LogP) is 3.18. The first kappa shape index (κ1) is 18.0. The molecule has 3 N–H and O–H groups in total. The van der Waals surface area contributed by atoms with Crippen LogP contribution in [0.2, 0.25) is 0 Å². The van der Waals surface area contributed by atoms with E-state index in [4.69, 9.17) is 0 Å². The third kappa shape index (κ3) is 3.43. The average Bonchev–Trinajstić information content (AvgIpc) is 3.41. The molecule has 2 aromatic rings. The first-order valence-corrected chi connectivity index (χ1v) is 8.74. The number of hydrogen-bond donors (Lipinski definition) is 3. The third-order valence-electron chi connectivity index (χ3n) is 4.93. The van der Waals surface area contributed by atoms with Crippen molar-refractivity contribution in [3.8, 4) is 5.75 Å². The number of nitrogens with one attached hydrogen (secondary N) is 2. The SMILES string of the molecule is CC(C)(C)c1ccc(C2(C(=O)NNC(=O)c3ccccc3O)CC2)cc1. The van der Waals surface area contributed by atoms with Gasteiger partial charge in [0.25, 0.3) is 5.91 Å². The lowest BCUT2D eigenvalue weighted by Gasteiger charge is -2.21. The smallest absolute Gasteiger partial charge is 0.273 e. The fourth-order valence-electron chi connectivity index (χ4n) is 3.03. The summed E-state index contributed by atoms with van der Waals surface area (Å²) in [6.07, 6.45) is 1.50. The van der Waals surface area contributed by atoms with Gasteiger partial charge < -0.3 is 5.11 Å². The molecule has 0 heterocycles. The number of carbonyl (C=O) groups is 2. The number of amides is 2. The lowest BCUT2D eigenvalue weighted by molar-refractivity contribution is -0.124. The number of aromatic hydroxyl groups is 1. The summed E-state index contributed by atoms with van der Waals surface area (Å²) in [4.78, 5) is 24.8. The molecule has 5 heteroatoms. The Labute approximate surface area is 153 Å². The van der Waals surface area contributed by atoms with Gasteiger partial charge >= 0.3 is 0 Å². The number of hydrazine groups is 1. The molecule has 1 saturated carbocycles. The predicted molar refractivity (Wildman–Crippen MR) is 99.8 cm³/mol. The maximum Gasteiger partial charge on any atom is 0.273 e. The number of rotatable bonds is 3. The van der Waals surface area contributed by atoms with Gasteiger partial charge in [0, 0.05) is 0 Å². The van der Waals surface area contributed by atoms with Crippen molar-refractivity contribution >= 4 is 11.8 Å². The van der Waals surface area contributed by atoms with E-state index in [0.717, 1.165) is 18.4 Å². The number of benzene rings is 2. The number of para-hydroxylation sites is 1. The van der Waals surface area contributed by atoms with Crippen LogP contribution in [-0.4, -0.2) is 16.9 Å². The summed E-state index contributed by atoms with van der Waals surface area (Å²) in [7, 11) is 0. The van der Waals surface area contributed by atoms with Crippen LogP contribution < -0.4 is 10.9 Å². The van der Waals surface area contributed by atoms with Crippen molar-refractivity contribution in [2.75, 3.05) is 0 Å². The van der Waals surface area contributed by atoms with Gasteiger partial charge in [-0.2, -0.15) is 0 Å². The fraction of sp³-hybridized carbons (Fsp3) is 0.333. The molecule has 1 aliphatic carbocycles. The standard InChI is InChI=1S/C21H24N2O3/c1-20(2,3)14-8-10-15(11-9-14)21(12-13-21)19(26)23-22-18(25)16-6-4-5-7-17(16)24/h4-11,24H,12-13H2,1-3H3,(H,22,25)(H,23,26). The molecule has 1 fully saturated rings. The highest BCUT2D eigenvalue weighted by atomic mass is 16.3. The highest BCUT2D eigenvalue weighted by molar-refractivity contribution is 5.99. The molecule has 0 unspecified atom stereocenters. The summed E-state index contributed by atoms with van der Waals surface area (Å²) < 4.78 is 0. The molecule has 0 radical (unpaired) electrons. The zero-order valence-corrected chi connectivity index (χ0v) is 15.3. The Morgan fingerprint density at radius 3 is 2.12 bits per heavy atom. The molecular weight excluding hydrogens is 328 g/mol. The highest BCUT2D eigenvalue weighted by Gasteiger charge is 2.51. The van der Waals surface area contributed by atoms with E-state index >= 15 is 0 Å². The van der Waals surface area contributed by atoms with Crippen LogP contribution in [0.25, 0.3) is 0 Å². The summed E-state index contributed by atoms with van der Waals surface area (Å²) in [5.41, 5.74) is 6.66. The van der Waals surface area contributed by atoms with Crippen LogP contribution in [0.4, 0.5) is 0 Å². The Hall–Kier alpha value is -2.82.